The van der Waals surface area contributed by atoms with Crippen LogP contribution in [0.4, 0.5) is 21.6 Å². The Kier molecular flexibility index (Phi) is 7.20. The summed E-state index contributed by atoms with van der Waals surface area (Å²) in [5.74, 6) is 0.0740. The lowest BCUT2D eigenvalue weighted by Gasteiger charge is -2.35. The number of ether oxygens (including phenoxy) is 1. The van der Waals surface area contributed by atoms with Gasteiger partial charge >= 0.3 is 0 Å². The fraction of sp³-hybridized carbons (Fsp3) is 0.458. The lowest BCUT2D eigenvalue weighted by molar-refractivity contribution is 0.00664. The van der Waals surface area contributed by atoms with Crippen molar-refractivity contribution in [1.29, 1.82) is 0 Å². The molecule has 1 saturated heterocycles. The molecular formula is C24H31FN6O3S. The highest BCUT2D eigenvalue weighted by Gasteiger charge is 2.26. The highest BCUT2D eigenvalue weighted by molar-refractivity contribution is 7.92. The third-order valence-corrected chi connectivity index (χ3v) is 6.03. The van der Waals surface area contributed by atoms with E-state index >= 15 is 4.39 Å². The molecule has 0 bridgehead atoms. The van der Waals surface area contributed by atoms with Crippen LogP contribution in [0.15, 0.2) is 41.2 Å². The van der Waals surface area contributed by atoms with E-state index in [1.807, 2.05) is 0 Å². The zero-order chi connectivity index (χ0) is 25.2. The summed E-state index contributed by atoms with van der Waals surface area (Å²) in [7, 11) is -2.45. The predicted octanol–water partition coefficient (Wildman–Crippen LogP) is 3.88. The second-order valence-electron chi connectivity index (χ2n) is 9.73. The van der Waals surface area contributed by atoms with Crippen molar-refractivity contribution in [3.8, 4) is 5.88 Å². The van der Waals surface area contributed by atoms with Crippen LogP contribution in [0.2, 0.25) is 0 Å². The molecule has 35 heavy (non-hydrogen) atoms. The topological polar surface area (TPSA) is 113 Å². The van der Waals surface area contributed by atoms with Gasteiger partial charge in [0.15, 0.2) is 0 Å². The second-order valence-corrected chi connectivity index (χ2v) is 12.3. The zero-order valence-corrected chi connectivity index (χ0v) is 21.2. The summed E-state index contributed by atoms with van der Waals surface area (Å²) in [5.41, 5.74) is 0.361. The first kappa shape index (κ1) is 25.2. The van der Waals surface area contributed by atoms with E-state index in [0.29, 0.717) is 30.2 Å². The second kappa shape index (κ2) is 10.00. The fourth-order valence-electron chi connectivity index (χ4n) is 4.19. The minimum absolute atomic E-state index is 0.0949. The molecule has 0 aliphatic carbocycles. The van der Waals surface area contributed by atoms with E-state index in [4.69, 9.17) is 4.74 Å². The van der Waals surface area contributed by atoms with Crippen molar-refractivity contribution in [3.05, 3.63) is 42.6 Å². The van der Waals surface area contributed by atoms with Gasteiger partial charge in [0.05, 0.1) is 22.2 Å². The maximum atomic E-state index is 15.1. The number of pyridine rings is 1. The molecule has 3 aromatic rings. The number of hydrogen-bond donors (Lipinski definition) is 2. The summed E-state index contributed by atoms with van der Waals surface area (Å²) in [6.07, 6.45) is 7.67. The van der Waals surface area contributed by atoms with Gasteiger partial charge in [-0.25, -0.2) is 23.6 Å². The molecule has 2 aromatic heterocycles. The van der Waals surface area contributed by atoms with Crippen molar-refractivity contribution in [2.45, 2.75) is 38.4 Å². The summed E-state index contributed by atoms with van der Waals surface area (Å²) in [5, 5.41) is 13.5. The molecule has 4 rings (SSSR count). The maximum Gasteiger partial charge on any atom is 0.238 e. The number of aliphatic hydroxyl groups is 1. The molecule has 11 heteroatoms. The number of benzene rings is 1. The Morgan fingerprint density at radius 1 is 1.31 bits per heavy atom. The van der Waals surface area contributed by atoms with Crippen molar-refractivity contribution in [2.75, 3.05) is 37.5 Å². The number of nitrogens with one attached hydrogen (secondary N) is 1. The Hall–Kier alpha value is -2.89. The average molecular weight is 503 g/mol. The van der Waals surface area contributed by atoms with Crippen LogP contribution in [-0.4, -0.2) is 73.0 Å². The van der Waals surface area contributed by atoms with Gasteiger partial charge in [-0.1, -0.05) is 0 Å². The van der Waals surface area contributed by atoms with Crippen molar-refractivity contribution in [3.63, 3.8) is 0 Å². The SMILES string of the molecule is CC(C)(O)CN1CCC[C@@H](Oc2ncccc2Nc2ncnc3cc(N=S(C)(C)=O)cc(F)c23)C1. The third kappa shape index (κ3) is 6.83. The van der Waals surface area contributed by atoms with Gasteiger partial charge in [0, 0.05) is 47.6 Å². The van der Waals surface area contributed by atoms with E-state index in [1.165, 1.54) is 24.9 Å². The highest BCUT2D eigenvalue weighted by atomic mass is 32.2. The number of β-amino-alcohol motifs (C(OH)–C–C–N with tert-alkyl or cyclic N) is 1. The molecule has 9 nitrogen and oxygen atoms in total. The number of nitrogens with zero attached hydrogens (tertiary/aromatic N) is 5. The normalized spacial score (nSPS) is 17.4. The van der Waals surface area contributed by atoms with Crippen LogP contribution in [-0.2, 0) is 9.73 Å². The van der Waals surface area contributed by atoms with E-state index in [9.17, 15) is 9.32 Å². The number of anilines is 2. The number of halogens is 1. The molecule has 0 unspecified atom stereocenters. The molecule has 1 aliphatic rings. The molecule has 188 valence electrons. The minimum Gasteiger partial charge on any atom is -0.472 e. The van der Waals surface area contributed by atoms with Gasteiger partial charge < -0.3 is 15.2 Å². The molecule has 1 aromatic carbocycles. The number of likely N-dealkylation sites (tertiary alicyclic amines) is 1. The Balaban J connectivity index is 1.59. The average Bonchev–Trinajstić information content (AvgIpc) is 2.73. The molecule has 2 N–H and O–H groups in total. The smallest absolute Gasteiger partial charge is 0.238 e. The predicted molar refractivity (Wildman–Crippen MR) is 135 cm³/mol. The summed E-state index contributed by atoms with van der Waals surface area (Å²) in [6.45, 7) is 5.73. The first-order valence-corrected chi connectivity index (χ1v) is 13.7. The molecule has 1 fully saturated rings. The first-order valence-electron chi connectivity index (χ1n) is 11.4. The van der Waals surface area contributed by atoms with Crippen LogP contribution >= 0.6 is 0 Å². The quantitative estimate of drug-likeness (QED) is 0.501. The van der Waals surface area contributed by atoms with Crippen LogP contribution in [0.5, 0.6) is 5.88 Å². The summed E-state index contributed by atoms with van der Waals surface area (Å²) >= 11 is 0. The van der Waals surface area contributed by atoms with Crippen LogP contribution < -0.4 is 10.1 Å². The highest BCUT2D eigenvalue weighted by Crippen LogP contribution is 2.33. The number of aromatic nitrogens is 3. The van der Waals surface area contributed by atoms with Gasteiger partial charge in [0.1, 0.15) is 29.8 Å². The Morgan fingerprint density at radius 2 is 2.11 bits per heavy atom. The summed E-state index contributed by atoms with van der Waals surface area (Å²) in [4.78, 5) is 15.0. The van der Waals surface area contributed by atoms with E-state index in [0.717, 1.165) is 19.4 Å². The Morgan fingerprint density at radius 3 is 2.86 bits per heavy atom. The van der Waals surface area contributed by atoms with Gasteiger partial charge in [0.2, 0.25) is 5.88 Å². The third-order valence-electron chi connectivity index (χ3n) is 5.38. The summed E-state index contributed by atoms with van der Waals surface area (Å²) in [6, 6.07) is 6.35. The van der Waals surface area contributed by atoms with Gasteiger partial charge in [-0.3, -0.25) is 4.90 Å². The molecule has 1 aliphatic heterocycles. The number of fused-ring (bicyclic) bond motifs is 1. The number of hydrogen-bond acceptors (Lipinski definition) is 9. The zero-order valence-electron chi connectivity index (χ0n) is 20.4. The van der Waals surface area contributed by atoms with Crippen LogP contribution in [0.1, 0.15) is 26.7 Å². The van der Waals surface area contributed by atoms with Crippen molar-refractivity contribution >= 4 is 37.8 Å². The Bertz CT molecular complexity index is 1330. The monoisotopic (exact) mass is 502 g/mol. The summed E-state index contributed by atoms with van der Waals surface area (Å²) < 4.78 is 37.4. The van der Waals surface area contributed by atoms with Crippen LogP contribution in [0.25, 0.3) is 10.9 Å². The molecule has 0 saturated carbocycles. The number of piperidine rings is 1. The van der Waals surface area contributed by atoms with Gasteiger partial charge in [-0.15, -0.1) is 0 Å². The van der Waals surface area contributed by atoms with E-state index in [2.05, 4.69) is 29.5 Å². The lowest BCUT2D eigenvalue weighted by atomic mass is 10.0. The number of rotatable bonds is 7. The van der Waals surface area contributed by atoms with Crippen LogP contribution in [0.3, 0.4) is 0 Å². The van der Waals surface area contributed by atoms with Gasteiger partial charge in [0.25, 0.3) is 0 Å². The molecule has 0 radical (unpaired) electrons. The van der Waals surface area contributed by atoms with E-state index < -0.39 is 21.1 Å². The maximum absolute atomic E-state index is 15.1. The molecule has 0 amide bonds. The van der Waals surface area contributed by atoms with Gasteiger partial charge in [-0.05, 0) is 51.4 Å². The first-order chi connectivity index (χ1) is 16.5. The van der Waals surface area contributed by atoms with Gasteiger partial charge in [-0.2, -0.15) is 4.36 Å². The molecule has 1 atom stereocenters. The standard InChI is InChI=1S/C24H31FN6O3S/c1-24(2,32)14-31-10-6-7-17(13-31)34-23-19(8-5-9-26-23)29-22-21-18(25)11-16(30-35(3,4)33)12-20(21)27-15-28-22/h5,8-9,11-12,15,17,32H,6-7,10,13-14H2,1-4H3,(H,27,28,29)/t17-/m1/s1. The molecule has 3 heterocycles. The molecular weight excluding hydrogens is 471 g/mol. The minimum atomic E-state index is -2.45. The fourth-order valence-corrected chi connectivity index (χ4v) is 4.81. The Labute approximate surface area is 204 Å². The van der Waals surface area contributed by atoms with E-state index in [-0.39, 0.29) is 23.0 Å². The van der Waals surface area contributed by atoms with Crippen molar-refractivity contribution in [1.82, 2.24) is 19.9 Å². The van der Waals surface area contributed by atoms with Crippen LogP contribution in [0, 0.1) is 5.82 Å². The van der Waals surface area contributed by atoms with E-state index in [1.54, 1.807) is 38.2 Å². The van der Waals surface area contributed by atoms with Crippen molar-refractivity contribution < 1.29 is 18.4 Å². The largest absolute Gasteiger partial charge is 0.472 e. The lowest BCUT2D eigenvalue weighted by Crippen LogP contribution is -2.47. The molecule has 0 spiro atoms. The van der Waals surface area contributed by atoms with Crippen molar-refractivity contribution in [2.24, 2.45) is 4.36 Å².